The highest BCUT2D eigenvalue weighted by molar-refractivity contribution is 5.93. The van der Waals surface area contributed by atoms with E-state index in [1.54, 1.807) is 6.20 Å². The molecule has 4 nitrogen and oxygen atoms in total. The first-order valence-corrected chi connectivity index (χ1v) is 4.16. The molecule has 4 heteroatoms. The van der Waals surface area contributed by atoms with Crippen LogP contribution < -0.4 is 0 Å². The molecular weight excluding hydrogens is 176 g/mol. The molecule has 14 heavy (non-hydrogen) atoms. The zero-order valence-corrected chi connectivity index (χ0v) is 7.18. The van der Waals surface area contributed by atoms with E-state index in [0.717, 1.165) is 21.8 Å². The van der Waals surface area contributed by atoms with E-state index in [1.165, 1.54) is 12.7 Å². The van der Waals surface area contributed by atoms with Gasteiger partial charge in [-0.25, -0.2) is 19.9 Å². The Kier molecular flexibility index (Phi) is 1.41. The Morgan fingerprint density at radius 1 is 1.00 bits per heavy atom. The van der Waals surface area contributed by atoms with Crippen molar-refractivity contribution < 1.29 is 0 Å². The van der Waals surface area contributed by atoms with Gasteiger partial charge in [-0.15, -0.1) is 0 Å². The van der Waals surface area contributed by atoms with Gasteiger partial charge in [0.2, 0.25) is 0 Å². The Labute approximate surface area is 79.7 Å². The maximum atomic E-state index is 4.14. The van der Waals surface area contributed by atoms with E-state index >= 15 is 0 Å². The maximum absolute atomic E-state index is 4.14. The lowest BCUT2D eigenvalue weighted by Gasteiger charge is -1.97. The smallest absolute Gasteiger partial charge is 0.116 e. The number of aromatic nitrogens is 4. The third-order valence-electron chi connectivity index (χ3n) is 2.06. The number of hydrogen-bond acceptors (Lipinski definition) is 4. The van der Waals surface area contributed by atoms with Crippen molar-refractivity contribution in [2.24, 2.45) is 0 Å². The highest BCUT2D eigenvalue weighted by Gasteiger charge is 1.99. The molecule has 3 rings (SSSR count). The summed E-state index contributed by atoms with van der Waals surface area (Å²) in [6.07, 6.45) is 7.65. The van der Waals surface area contributed by atoms with Crippen LogP contribution in [0.25, 0.3) is 21.8 Å². The quantitative estimate of drug-likeness (QED) is 0.491. The summed E-state index contributed by atoms with van der Waals surface area (Å²) in [6, 6.07) is 3.84. The van der Waals surface area contributed by atoms with E-state index in [0.29, 0.717) is 0 Å². The molecule has 0 unspecified atom stereocenters. The molecule has 0 atom stereocenters. The molecule has 1 aromatic carbocycles. The van der Waals surface area contributed by atoms with Crippen molar-refractivity contribution in [2.75, 3.05) is 0 Å². The third kappa shape index (κ3) is 1.01. The fourth-order valence-electron chi connectivity index (χ4n) is 1.40. The minimum absolute atomic E-state index is 0.863. The maximum Gasteiger partial charge on any atom is 0.116 e. The summed E-state index contributed by atoms with van der Waals surface area (Å²) in [5, 5.41) is 1.85. The predicted molar refractivity (Wildman–Crippen MR) is 51.5 cm³/mol. The monoisotopic (exact) mass is 181 g/mol. The van der Waals surface area contributed by atoms with Gasteiger partial charge < -0.3 is 0 Å². The molecule has 65 valence electrons. The van der Waals surface area contributed by atoms with Crippen molar-refractivity contribution in [2.45, 2.75) is 0 Å². The average Bonchev–Trinajstić information content (AvgIpc) is 2.26. The van der Waals surface area contributed by atoms with Crippen LogP contribution in [-0.2, 0) is 0 Å². The topological polar surface area (TPSA) is 51.6 Å². The third-order valence-corrected chi connectivity index (χ3v) is 2.06. The Morgan fingerprint density at radius 3 is 2.93 bits per heavy atom. The molecule has 0 fully saturated rings. The minimum atomic E-state index is 0.863. The van der Waals surface area contributed by atoms with E-state index in [-0.39, 0.29) is 0 Å². The van der Waals surface area contributed by atoms with E-state index in [1.807, 2.05) is 12.1 Å². The first-order valence-electron chi connectivity index (χ1n) is 4.16. The first kappa shape index (κ1) is 7.32. The Balaban J connectivity index is 2.52. The van der Waals surface area contributed by atoms with Crippen molar-refractivity contribution in [3.05, 3.63) is 37.2 Å². The summed E-state index contributed by atoms with van der Waals surface area (Å²) in [6.45, 7) is 0. The van der Waals surface area contributed by atoms with E-state index in [2.05, 4.69) is 26.1 Å². The fraction of sp³-hybridized carbons (Fsp3) is 0. The summed E-state index contributed by atoms with van der Waals surface area (Å²) in [5.41, 5.74) is 1.75. The highest BCUT2D eigenvalue weighted by atomic mass is 14.8. The van der Waals surface area contributed by atoms with Gasteiger partial charge in [-0.1, -0.05) is 0 Å². The van der Waals surface area contributed by atoms with E-state index in [4.69, 9.17) is 0 Å². The van der Waals surface area contributed by atoms with Crippen molar-refractivity contribution >= 4 is 21.8 Å². The Hall–Kier alpha value is -2.10. The molecule has 0 amide bonds. The second-order valence-electron chi connectivity index (χ2n) is 2.94. The summed E-state index contributed by atoms with van der Waals surface area (Å²) in [7, 11) is 0. The van der Waals surface area contributed by atoms with Crippen molar-refractivity contribution in [3.63, 3.8) is 0 Å². The lowest BCUT2D eigenvalue weighted by Crippen LogP contribution is -1.85. The number of hydrogen-bond donors (Lipinski definition) is 0. The summed E-state index contributed by atoms with van der Waals surface area (Å²) in [5.74, 6) is 0. The van der Waals surface area contributed by atoms with Crippen molar-refractivity contribution in [3.8, 4) is 0 Å². The molecule has 0 saturated carbocycles. The molecule has 0 aliphatic rings. The standard InChI is InChI=1S/C10H5N4/c1-7-3-11-6-14-10(7)2-8-4-12-5-13-9(1)8/h1-3,5-6H. The Bertz CT molecular complexity index is 501. The van der Waals surface area contributed by atoms with Crippen LogP contribution in [0.4, 0.5) is 0 Å². The number of nitrogens with zero attached hydrogens (tertiary/aromatic N) is 4. The van der Waals surface area contributed by atoms with Gasteiger partial charge in [0.25, 0.3) is 0 Å². The number of rotatable bonds is 0. The lowest BCUT2D eigenvalue weighted by molar-refractivity contribution is 1.20. The van der Waals surface area contributed by atoms with Gasteiger partial charge in [0.1, 0.15) is 18.9 Å². The number of fused-ring (bicyclic) bond motifs is 2. The van der Waals surface area contributed by atoms with Crippen LogP contribution in [0.2, 0.25) is 0 Å². The molecule has 0 aliphatic heterocycles. The highest BCUT2D eigenvalue weighted by Crippen LogP contribution is 2.16. The van der Waals surface area contributed by atoms with Crippen LogP contribution in [0.5, 0.6) is 0 Å². The van der Waals surface area contributed by atoms with Gasteiger partial charge in [0.15, 0.2) is 0 Å². The lowest BCUT2D eigenvalue weighted by atomic mass is 10.2. The first-order chi connectivity index (χ1) is 6.93. The van der Waals surface area contributed by atoms with Crippen molar-refractivity contribution in [1.82, 2.24) is 19.9 Å². The molecule has 2 heterocycles. The van der Waals surface area contributed by atoms with E-state index < -0.39 is 0 Å². The average molecular weight is 181 g/mol. The van der Waals surface area contributed by atoms with Gasteiger partial charge >= 0.3 is 0 Å². The van der Waals surface area contributed by atoms with Gasteiger partial charge in [-0.2, -0.15) is 0 Å². The fourth-order valence-corrected chi connectivity index (χ4v) is 1.40. The van der Waals surface area contributed by atoms with Crippen LogP contribution in [0.3, 0.4) is 0 Å². The van der Waals surface area contributed by atoms with Crippen molar-refractivity contribution in [1.29, 1.82) is 0 Å². The normalized spacial score (nSPS) is 10.9. The molecule has 3 aromatic rings. The van der Waals surface area contributed by atoms with Gasteiger partial charge in [-0.3, -0.25) is 0 Å². The second kappa shape index (κ2) is 2.70. The van der Waals surface area contributed by atoms with Crippen LogP contribution >= 0.6 is 0 Å². The molecule has 0 N–H and O–H groups in total. The van der Waals surface area contributed by atoms with Gasteiger partial charge in [0.05, 0.1) is 11.0 Å². The van der Waals surface area contributed by atoms with Gasteiger partial charge in [0, 0.05) is 17.0 Å². The molecular formula is C10H5N4. The SMILES string of the molecule is [c]1ncnc2cc3cncnc3cc12. The molecule has 0 bridgehead atoms. The minimum Gasteiger partial charge on any atom is -0.244 e. The molecule has 0 spiro atoms. The largest absolute Gasteiger partial charge is 0.244 e. The second-order valence-corrected chi connectivity index (χ2v) is 2.94. The molecule has 2 aromatic heterocycles. The molecule has 0 saturated heterocycles. The summed E-state index contributed by atoms with van der Waals surface area (Å²) >= 11 is 0. The van der Waals surface area contributed by atoms with E-state index in [9.17, 15) is 0 Å². The molecule has 1 radical (unpaired) electrons. The van der Waals surface area contributed by atoms with Crippen LogP contribution in [0.15, 0.2) is 31.0 Å². The summed E-state index contributed by atoms with van der Waals surface area (Å²) < 4.78 is 0. The van der Waals surface area contributed by atoms with Crippen LogP contribution in [-0.4, -0.2) is 19.9 Å². The van der Waals surface area contributed by atoms with Crippen LogP contribution in [0, 0.1) is 6.20 Å². The summed E-state index contributed by atoms with van der Waals surface area (Å²) in [4.78, 5) is 16.1. The van der Waals surface area contributed by atoms with Gasteiger partial charge in [-0.05, 0) is 12.1 Å². The molecule has 0 aliphatic carbocycles. The Morgan fingerprint density at radius 2 is 1.93 bits per heavy atom. The number of benzene rings is 1. The predicted octanol–water partition coefficient (Wildman–Crippen LogP) is 1.37. The van der Waals surface area contributed by atoms with Crippen LogP contribution in [0.1, 0.15) is 0 Å². The zero-order chi connectivity index (χ0) is 9.38. The zero-order valence-electron chi connectivity index (χ0n) is 7.18.